The molecule has 0 aliphatic heterocycles. The van der Waals surface area contributed by atoms with Gasteiger partial charge >= 0.3 is 0 Å². The summed E-state index contributed by atoms with van der Waals surface area (Å²) >= 11 is 0. The molecular weight excluding hydrogens is 236 g/mol. The fourth-order valence-corrected chi connectivity index (χ4v) is 1.37. The third-order valence-corrected chi connectivity index (χ3v) is 2.98. The zero-order valence-corrected chi connectivity index (χ0v) is 11.4. The first kappa shape index (κ1) is 14.9. The molecule has 0 spiro atoms. The summed E-state index contributed by atoms with van der Waals surface area (Å²) in [5.41, 5.74) is 0.0473. The number of nitrogens with one attached hydrogen (secondary N) is 1. The fraction of sp³-hybridized carbons (Fsp3) is 0.571. The number of hydrogen-bond donors (Lipinski definition) is 1. The first-order chi connectivity index (χ1) is 8.34. The third-order valence-electron chi connectivity index (χ3n) is 2.98. The topological polar surface area (TPSA) is 21.3 Å². The van der Waals surface area contributed by atoms with Crippen LogP contribution in [0.2, 0.25) is 0 Å². The van der Waals surface area contributed by atoms with Crippen molar-refractivity contribution in [1.29, 1.82) is 0 Å². The highest BCUT2D eigenvalue weighted by molar-refractivity contribution is 5.23. The lowest BCUT2D eigenvalue weighted by molar-refractivity contribution is 0.198. The van der Waals surface area contributed by atoms with Crippen molar-refractivity contribution in [1.82, 2.24) is 5.32 Å². The average Bonchev–Trinajstić information content (AvgIpc) is 2.32. The van der Waals surface area contributed by atoms with Crippen molar-refractivity contribution in [3.8, 4) is 5.75 Å². The maximum absolute atomic E-state index is 13.0. The van der Waals surface area contributed by atoms with Crippen LogP contribution in [-0.4, -0.2) is 18.2 Å². The molecule has 1 atom stereocenters. The normalized spacial score (nSPS) is 13.4. The van der Waals surface area contributed by atoms with Crippen molar-refractivity contribution in [3.63, 3.8) is 0 Å². The Balaban J connectivity index is 2.49. The van der Waals surface area contributed by atoms with Gasteiger partial charge in [0.05, 0.1) is 0 Å². The number of rotatable bonds is 6. The molecule has 0 radical (unpaired) electrons. The van der Waals surface area contributed by atoms with E-state index >= 15 is 0 Å². The molecule has 1 rings (SSSR count). The Hall–Kier alpha value is -1.16. The third kappa shape index (κ3) is 4.61. The van der Waals surface area contributed by atoms with Crippen LogP contribution in [0.15, 0.2) is 18.2 Å². The molecule has 1 aromatic rings. The van der Waals surface area contributed by atoms with Crippen LogP contribution in [0.5, 0.6) is 5.75 Å². The van der Waals surface area contributed by atoms with Gasteiger partial charge in [-0.1, -0.05) is 6.92 Å². The number of halogens is 2. The van der Waals surface area contributed by atoms with Gasteiger partial charge in [-0.15, -0.1) is 0 Å². The van der Waals surface area contributed by atoms with Crippen molar-refractivity contribution in [2.45, 2.75) is 45.8 Å². The quantitative estimate of drug-likeness (QED) is 0.842. The Bertz CT molecular complexity index is 393. The van der Waals surface area contributed by atoms with Crippen molar-refractivity contribution in [2.24, 2.45) is 0 Å². The Morgan fingerprint density at radius 1 is 1.28 bits per heavy atom. The molecule has 1 aromatic carbocycles. The fourth-order valence-electron chi connectivity index (χ4n) is 1.37. The highest BCUT2D eigenvalue weighted by Crippen LogP contribution is 2.17. The van der Waals surface area contributed by atoms with Crippen LogP contribution in [0.3, 0.4) is 0 Å². The van der Waals surface area contributed by atoms with Gasteiger partial charge in [0.2, 0.25) is 0 Å². The van der Waals surface area contributed by atoms with E-state index in [0.717, 1.165) is 18.6 Å². The second-order valence-electron chi connectivity index (χ2n) is 5.12. The zero-order valence-electron chi connectivity index (χ0n) is 11.4. The standard InChI is InChI=1S/C14H21F2NO/c1-5-14(3,4)17-9-10(2)18-11-6-7-12(15)13(16)8-11/h6-8,10,17H,5,9H2,1-4H3. The lowest BCUT2D eigenvalue weighted by atomic mass is 10.0. The molecule has 0 aliphatic carbocycles. The van der Waals surface area contributed by atoms with E-state index in [-0.39, 0.29) is 11.6 Å². The minimum Gasteiger partial charge on any atom is -0.489 e. The Labute approximate surface area is 107 Å². The van der Waals surface area contributed by atoms with Crippen LogP contribution < -0.4 is 10.1 Å². The van der Waals surface area contributed by atoms with Gasteiger partial charge < -0.3 is 10.1 Å². The predicted octanol–water partition coefficient (Wildman–Crippen LogP) is 3.51. The molecule has 1 unspecified atom stereocenters. The molecule has 4 heteroatoms. The van der Waals surface area contributed by atoms with Crippen LogP contribution in [-0.2, 0) is 0 Å². The second kappa shape index (κ2) is 6.14. The number of benzene rings is 1. The van der Waals surface area contributed by atoms with Crippen LogP contribution in [0.4, 0.5) is 8.78 Å². The van der Waals surface area contributed by atoms with Gasteiger partial charge in [-0.25, -0.2) is 8.78 Å². The maximum atomic E-state index is 13.0. The van der Waals surface area contributed by atoms with E-state index in [2.05, 4.69) is 26.1 Å². The lowest BCUT2D eigenvalue weighted by Gasteiger charge is -2.27. The van der Waals surface area contributed by atoms with E-state index in [9.17, 15) is 8.78 Å². The van der Waals surface area contributed by atoms with Crippen LogP contribution in [0.25, 0.3) is 0 Å². The van der Waals surface area contributed by atoms with Gasteiger partial charge in [0.15, 0.2) is 11.6 Å². The Morgan fingerprint density at radius 2 is 1.94 bits per heavy atom. The van der Waals surface area contributed by atoms with E-state index in [1.807, 2.05) is 6.92 Å². The maximum Gasteiger partial charge on any atom is 0.162 e. The first-order valence-electron chi connectivity index (χ1n) is 6.21. The summed E-state index contributed by atoms with van der Waals surface area (Å²) in [7, 11) is 0. The summed E-state index contributed by atoms with van der Waals surface area (Å²) in [5, 5.41) is 3.36. The monoisotopic (exact) mass is 257 g/mol. The lowest BCUT2D eigenvalue weighted by Crippen LogP contribution is -2.43. The molecule has 0 saturated carbocycles. The summed E-state index contributed by atoms with van der Waals surface area (Å²) in [6.07, 6.45) is 0.894. The van der Waals surface area contributed by atoms with Crippen molar-refractivity contribution < 1.29 is 13.5 Å². The first-order valence-corrected chi connectivity index (χ1v) is 6.21. The molecule has 0 aromatic heterocycles. The van der Waals surface area contributed by atoms with Crippen molar-refractivity contribution in [2.75, 3.05) is 6.54 Å². The Morgan fingerprint density at radius 3 is 2.50 bits per heavy atom. The zero-order chi connectivity index (χ0) is 13.8. The summed E-state index contributed by atoms with van der Waals surface area (Å²) in [6.45, 7) is 8.86. The molecule has 0 amide bonds. The van der Waals surface area contributed by atoms with Gasteiger partial charge in [-0.05, 0) is 39.3 Å². The predicted molar refractivity (Wildman–Crippen MR) is 68.8 cm³/mol. The van der Waals surface area contributed by atoms with Crippen molar-refractivity contribution >= 4 is 0 Å². The minimum atomic E-state index is -0.887. The van der Waals surface area contributed by atoms with E-state index in [0.29, 0.717) is 12.3 Å². The highest BCUT2D eigenvalue weighted by Gasteiger charge is 2.16. The SMILES string of the molecule is CCC(C)(C)NCC(C)Oc1ccc(F)c(F)c1. The highest BCUT2D eigenvalue weighted by atomic mass is 19.2. The molecule has 102 valence electrons. The molecule has 0 heterocycles. The average molecular weight is 257 g/mol. The van der Waals surface area contributed by atoms with Gasteiger partial charge in [0.25, 0.3) is 0 Å². The number of hydrogen-bond acceptors (Lipinski definition) is 2. The second-order valence-corrected chi connectivity index (χ2v) is 5.12. The van der Waals surface area contributed by atoms with Gasteiger partial charge in [0.1, 0.15) is 11.9 Å². The molecule has 18 heavy (non-hydrogen) atoms. The molecule has 1 N–H and O–H groups in total. The molecule has 0 aliphatic rings. The van der Waals surface area contributed by atoms with Gasteiger partial charge in [-0.2, -0.15) is 0 Å². The van der Waals surface area contributed by atoms with E-state index in [1.54, 1.807) is 0 Å². The number of ether oxygens (including phenoxy) is 1. The van der Waals surface area contributed by atoms with Crippen molar-refractivity contribution in [3.05, 3.63) is 29.8 Å². The van der Waals surface area contributed by atoms with Gasteiger partial charge in [0, 0.05) is 18.2 Å². The largest absolute Gasteiger partial charge is 0.489 e. The van der Waals surface area contributed by atoms with E-state index in [4.69, 9.17) is 4.74 Å². The minimum absolute atomic E-state index is 0.0473. The van der Waals surface area contributed by atoms with E-state index in [1.165, 1.54) is 6.07 Å². The molecule has 2 nitrogen and oxygen atoms in total. The summed E-state index contributed by atoms with van der Waals surface area (Å²) in [6, 6.07) is 3.57. The van der Waals surface area contributed by atoms with Crippen LogP contribution >= 0.6 is 0 Å². The van der Waals surface area contributed by atoms with Gasteiger partial charge in [-0.3, -0.25) is 0 Å². The molecule has 0 fully saturated rings. The molecular formula is C14H21F2NO. The van der Waals surface area contributed by atoms with Crippen LogP contribution in [0.1, 0.15) is 34.1 Å². The Kier molecular flexibility index (Phi) is 5.08. The summed E-state index contributed by atoms with van der Waals surface area (Å²) < 4.78 is 31.3. The summed E-state index contributed by atoms with van der Waals surface area (Å²) in [4.78, 5) is 0. The van der Waals surface area contributed by atoms with E-state index < -0.39 is 11.6 Å². The smallest absolute Gasteiger partial charge is 0.162 e. The molecule has 0 saturated heterocycles. The van der Waals surface area contributed by atoms with Crippen LogP contribution in [0, 0.1) is 11.6 Å². The summed E-state index contributed by atoms with van der Waals surface area (Å²) in [5.74, 6) is -1.40. The molecule has 0 bridgehead atoms.